The van der Waals surface area contributed by atoms with Gasteiger partial charge in [0.15, 0.2) is 0 Å². The van der Waals surface area contributed by atoms with Gasteiger partial charge in [-0.15, -0.1) is 11.3 Å². The maximum absolute atomic E-state index is 11.3. The SMILES string of the molecule is Cc1ccsc1CNc1cc2[nH]c(=O)[nH]c2cc1Br. The van der Waals surface area contributed by atoms with Crippen molar-refractivity contribution in [2.24, 2.45) is 0 Å². The monoisotopic (exact) mass is 337 g/mol. The smallest absolute Gasteiger partial charge is 0.323 e. The van der Waals surface area contributed by atoms with Gasteiger partial charge in [0.1, 0.15) is 0 Å². The molecule has 6 heteroatoms. The van der Waals surface area contributed by atoms with Crippen LogP contribution in [0, 0.1) is 6.92 Å². The average Bonchev–Trinajstić information content (AvgIpc) is 2.91. The second-order valence-corrected chi connectivity index (χ2v) is 6.19. The number of rotatable bonds is 3. The summed E-state index contributed by atoms with van der Waals surface area (Å²) in [5.74, 6) is 0. The largest absolute Gasteiger partial charge is 0.379 e. The van der Waals surface area contributed by atoms with Crippen LogP contribution in [0.3, 0.4) is 0 Å². The molecule has 0 unspecified atom stereocenters. The maximum Gasteiger partial charge on any atom is 0.323 e. The van der Waals surface area contributed by atoms with Gasteiger partial charge < -0.3 is 15.3 Å². The molecule has 0 saturated carbocycles. The number of anilines is 1. The fourth-order valence-electron chi connectivity index (χ4n) is 1.95. The molecule has 0 radical (unpaired) electrons. The van der Waals surface area contributed by atoms with Gasteiger partial charge in [-0.25, -0.2) is 4.79 Å². The zero-order chi connectivity index (χ0) is 13.4. The van der Waals surface area contributed by atoms with Crippen molar-refractivity contribution in [1.82, 2.24) is 9.97 Å². The van der Waals surface area contributed by atoms with Crippen LogP contribution in [-0.4, -0.2) is 9.97 Å². The molecule has 4 nitrogen and oxygen atoms in total. The lowest BCUT2D eigenvalue weighted by atomic mass is 10.2. The fourth-order valence-corrected chi connectivity index (χ4v) is 3.28. The maximum atomic E-state index is 11.3. The van der Waals surface area contributed by atoms with Crippen LogP contribution in [0.5, 0.6) is 0 Å². The molecular formula is C13H12BrN3OS. The van der Waals surface area contributed by atoms with Crippen molar-refractivity contribution in [2.45, 2.75) is 13.5 Å². The Morgan fingerprint density at radius 2 is 2.05 bits per heavy atom. The minimum Gasteiger partial charge on any atom is -0.379 e. The molecule has 3 N–H and O–H groups in total. The highest BCUT2D eigenvalue weighted by Crippen LogP contribution is 2.27. The number of hydrogen-bond donors (Lipinski definition) is 3. The first-order valence-corrected chi connectivity index (χ1v) is 7.49. The summed E-state index contributed by atoms with van der Waals surface area (Å²) in [5.41, 5.74) is 3.68. The lowest BCUT2D eigenvalue weighted by Crippen LogP contribution is -1.99. The number of aromatic nitrogens is 2. The summed E-state index contributed by atoms with van der Waals surface area (Å²) >= 11 is 5.26. The van der Waals surface area contributed by atoms with E-state index < -0.39 is 0 Å². The van der Waals surface area contributed by atoms with Gasteiger partial charge in [0.2, 0.25) is 0 Å². The van der Waals surface area contributed by atoms with Crippen molar-refractivity contribution in [1.29, 1.82) is 0 Å². The van der Waals surface area contributed by atoms with Gasteiger partial charge in [-0.05, 0) is 52.0 Å². The van der Waals surface area contributed by atoms with Gasteiger partial charge >= 0.3 is 5.69 Å². The Bertz CT molecular complexity index is 787. The molecule has 1 aromatic carbocycles. The molecule has 0 saturated heterocycles. The van der Waals surface area contributed by atoms with E-state index in [0.717, 1.165) is 27.7 Å². The zero-order valence-electron chi connectivity index (χ0n) is 10.2. The highest BCUT2D eigenvalue weighted by atomic mass is 79.9. The molecule has 2 heterocycles. The molecule has 3 aromatic rings. The normalized spacial score (nSPS) is 11.1. The topological polar surface area (TPSA) is 60.7 Å². The highest BCUT2D eigenvalue weighted by Gasteiger charge is 2.06. The van der Waals surface area contributed by atoms with E-state index >= 15 is 0 Å². The Morgan fingerprint density at radius 3 is 2.74 bits per heavy atom. The van der Waals surface area contributed by atoms with E-state index in [-0.39, 0.29) is 5.69 Å². The summed E-state index contributed by atoms with van der Waals surface area (Å²) < 4.78 is 0.935. The van der Waals surface area contributed by atoms with Crippen molar-refractivity contribution >= 4 is 44.0 Å². The van der Waals surface area contributed by atoms with Crippen molar-refractivity contribution < 1.29 is 0 Å². The Labute approximate surface area is 122 Å². The van der Waals surface area contributed by atoms with Crippen molar-refractivity contribution in [3.05, 3.63) is 49.0 Å². The van der Waals surface area contributed by atoms with Crippen LogP contribution < -0.4 is 11.0 Å². The fraction of sp³-hybridized carbons (Fsp3) is 0.154. The Morgan fingerprint density at radius 1 is 1.32 bits per heavy atom. The molecule has 19 heavy (non-hydrogen) atoms. The molecule has 0 atom stereocenters. The van der Waals surface area contributed by atoms with Gasteiger partial charge in [-0.3, -0.25) is 0 Å². The van der Waals surface area contributed by atoms with E-state index in [0.29, 0.717) is 0 Å². The number of thiophene rings is 1. The quantitative estimate of drug-likeness (QED) is 0.683. The number of benzene rings is 1. The van der Waals surface area contributed by atoms with E-state index in [1.807, 2.05) is 12.1 Å². The van der Waals surface area contributed by atoms with E-state index in [4.69, 9.17) is 0 Å². The summed E-state index contributed by atoms with van der Waals surface area (Å²) in [7, 11) is 0. The standard InChI is InChI=1S/C13H12BrN3OS/c1-7-2-3-19-12(7)6-15-9-5-11-10(4-8(9)14)16-13(18)17-11/h2-5,15H,6H2,1H3,(H2,16,17,18). The van der Waals surface area contributed by atoms with Crippen LogP contribution in [0.15, 0.2) is 32.8 Å². The van der Waals surface area contributed by atoms with Crippen LogP contribution in [-0.2, 0) is 6.54 Å². The van der Waals surface area contributed by atoms with Crippen molar-refractivity contribution in [2.75, 3.05) is 5.32 Å². The van der Waals surface area contributed by atoms with E-state index in [1.54, 1.807) is 11.3 Å². The van der Waals surface area contributed by atoms with Gasteiger partial charge in [0.25, 0.3) is 0 Å². The molecular weight excluding hydrogens is 326 g/mol. The first kappa shape index (κ1) is 12.5. The van der Waals surface area contributed by atoms with Gasteiger partial charge in [0.05, 0.1) is 16.7 Å². The molecule has 2 aromatic heterocycles. The second-order valence-electron chi connectivity index (χ2n) is 4.34. The number of aromatic amines is 2. The van der Waals surface area contributed by atoms with Crippen molar-refractivity contribution in [3.8, 4) is 0 Å². The second kappa shape index (κ2) is 4.86. The Hall–Kier alpha value is -1.53. The molecule has 0 bridgehead atoms. The molecule has 0 aliphatic rings. The summed E-state index contributed by atoms with van der Waals surface area (Å²) in [6.45, 7) is 2.89. The number of fused-ring (bicyclic) bond motifs is 1. The third kappa shape index (κ3) is 2.46. The summed E-state index contributed by atoms with van der Waals surface area (Å²) in [4.78, 5) is 18.1. The Balaban J connectivity index is 1.90. The summed E-state index contributed by atoms with van der Waals surface area (Å²) in [5, 5.41) is 5.48. The van der Waals surface area contributed by atoms with Crippen molar-refractivity contribution in [3.63, 3.8) is 0 Å². The first-order valence-electron chi connectivity index (χ1n) is 5.82. The van der Waals surface area contributed by atoms with E-state index in [1.165, 1.54) is 10.4 Å². The third-order valence-corrected chi connectivity index (χ3v) is 4.69. The molecule has 98 valence electrons. The lowest BCUT2D eigenvalue weighted by Gasteiger charge is -2.08. The molecule has 0 aliphatic heterocycles. The predicted octanol–water partition coefficient (Wildman–Crippen LogP) is 3.60. The minimum atomic E-state index is -0.187. The number of nitrogens with one attached hydrogen (secondary N) is 3. The summed E-state index contributed by atoms with van der Waals surface area (Å²) in [6.07, 6.45) is 0. The number of hydrogen-bond acceptors (Lipinski definition) is 3. The summed E-state index contributed by atoms with van der Waals surface area (Å²) in [6, 6.07) is 5.95. The number of aryl methyl sites for hydroxylation is 1. The van der Waals surface area contributed by atoms with Gasteiger partial charge in [-0.2, -0.15) is 0 Å². The molecule has 0 spiro atoms. The number of imidazole rings is 1. The van der Waals surface area contributed by atoms with E-state index in [9.17, 15) is 4.79 Å². The van der Waals surface area contributed by atoms with Crippen LogP contribution in [0.25, 0.3) is 11.0 Å². The third-order valence-electron chi connectivity index (χ3n) is 3.01. The van der Waals surface area contributed by atoms with Crippen LogP contribution in [0.1, 0.15) is 10.4 Å². The average molecular weight is 338 g/mol. The highest BCUT2D eigenvalue weighted by molar-refractivity contribution is 9.10. The molecule has 0 fully saturated rings. The number of H-pyrrole nitrogens is 2. The molecule has 3 rings (SSSR count). The zero-order valence-corrected chi connectivity index (χ0v) is 12.6. The van der Waals surface area contributed by atoms with Crippen LogP contribution in [0.4, 0.5) is 5.69 Å². The van der Waals surface area contributed by atoms with Crippen LogP contribution in [0.2, 0.25) is 0 Å². The van der Waals surface area contributed by atoms with E-state index in [2.05, 4.69) is 49.6 Å². The lowest BCUT2D eigenvalue weighted by molar-refractivity contribution is 1.16. The van der Waals surface area contributed by atoms with Gasteiger partial charge in [0, 0.05) is 15.9 Å². The van der Waals surface area contributed by atoms with Crippen LogP contribution >= 0.6 is 27.3 Å². The minimum absolute atomic E-state index is 0.187. The number of halogens is 1. The first-order chi connectivity index (χ1) is 9.13. The molecule has 0 aliphatic carbocycles. The van der Waals surface area contributed by atoms with Gasteiger partial charge in [-0.1, -0.05) is 0 Å². The predicted molar refractivity (Wildman–Crippen MR) is 83.0 cm³/mol. The Kier molecular flexibility index (Phi) is 3.20. The molecule has 0 amide bonds.